The number of rotatable bonds is 6. The minimum absolute atomic E-state index is 0.0413. The molecule has 4 aliphatic rings. The number of likely N-dealkylation sites (tertiary alicyclic amines) is 1. The first-order valence-corrected chi connectivity index (χ1v) is 17.4. The van der Waals surface area contributed by atoms with Gasteiger partial charge in [0.2, 0.25) is 11.8 Å². The zero-order valence-electron chi connectivity index (χ0n) is 27.2. The largest absolute Gasteiger partial charge is 0.508 e. The monoisotopic (exact) mass is 709 g/mol. The number of carbonyl (C=O) groups excluding carboxylic acids is 4. The summed E-state index contributed by atoms with van der Waals surface area (Å²) in [5.74, 6) is -4.71. The van der Waals surface area contributed by atoms with E-state index in [2.05, 4.69) is 5.43 Å². The van der Waals surface area contributed by atoms with Gasteiger partial charge in [0.1, 0.15) is 11.5 Å². The zero-order chi connectivity index (χ0) is 35.1. The molecule has 0 radical (unpaired) electrons. The van der Waals surface area contributed by atoms with E-state index in [0.717, 1.165) is 16.0 Å². The van der Waals surface area contributed by atoms with Gasteiger partial charge in [-0.25, -0.2) is 0 Å². The van der Waals surface area contributed by atoms with Gasteiger partial charge in [-0.05, 0) is 78.4 Å². The van der Waals surface area contributed by atoms with Crippen LogP contribution >= 0.6 is 23.2 Å². The summed E-state index contributed by atoms with van der Waals surface area (Å²) >= 11 is 12.7. The zero-order valence-corrected chi connectivity index (χ0v) is 28.7. The van der Waals surface area contributed by atoms with E-state index in [1.54, 1.807) is 56.5 Å². The Hall–Kier alpha value is -4.86. The van der Waals surface area contributed by atoms with Crippen LogP contribution in [0, 0.1) is 23.7 Å². The fourth-order valence-electron chi connectivity index (χ4n) is 9.12. The number of aromatic hydroxyl groups is 1. The molecule has 11 heteroatoms. The predicted octanol–water partition coefficient (Wildman–Crippen LogP) is 6.87. The summed E-state index contributed by atoms with van der Waals surface area (Å²) in [6.45, 7) is 2.02. The van der Waals surface area contributed by atoms with E-state index in [1.165, 1.54) is 11.0 Å². The van der Waals surface area contributed by atoms with Crippen molar-refractivity contribution < 1.29 is 29.0 Å². The van der Waals surface area contributed by atoms with Crippen LogP contribution in [0.15, 0.2) is 90.5 Å². The normalized spacial score (nSPS) is 27.3. The minimum atomic E-state index is -1.58. The van der Waals surface area contributed by atoms with Gasteiger partial charge in [-0.3, -0.25) is 29.5 Å². The number of hydrogen-bond donors (Lipinski definition) is 2. The van der Waals surface area contributed by atoms with Crippen LogP contribution in [0.4, 0.5) is 5.69 Å². The van der Waals surface area contributed by atoms with Crippen molar-refractivity contribution in [2.24, 2.45) is 23.7 Å². The van der Waals surface area contributed by atoms with Crippen LogP contribution < -0.4 is 10.2 Å². The van der Waals surface area contributed by atoms with Crippen molar-refractivity contribution in [1.82, 2.24) is 9.91 Å². The number of phenols is 1. The third kappa shape index (κ3) is 4.45. The second-order valence-corrected chi connectivity index (χ2v) is 14.2. The van der Waals surface area contributed by atoms with Crippen LogP contribution in [-0.4, -0.2) is 52.3 Å². The SMILES string of the molecule is CCN1C(=O)[C@H]2[C@H](CC=C3[C@H]2C[C@H]2C(=O)N(Nc4ccc(Cl)cc4Cl)C(=O)[C@@]2(c2ccc(OC)cc2)[C@H]3c2c(O)ccc3ccccc23)C1=O. The van der Waals surface area contributed by atoms with E-state index in [1.807, 2.05) is 36.4 Å². The molecule has 1 saturated carbocycles. The molecule has 0 aromatic heterocycles. The number of imide groups is 2. The number of ether oxygens (including phenoxy) is 1. The Morgan fingerprint density at radius 2 is 1.68 bits per heavy atom. The fourth-order valence-corrected chi connectivity index (χ4v) is 9.57. The Kier molecular flexibility index (Phi) is 7.69. The molecular formula is C39H33Cl2N3O6. The van der Waals surface area contributed by atoms with Crippen molar-refractivity contribution in [3.8, 4) is 11.5 Å². The topological polar surface area (TPSA) is 116 Å². The van der Waals surface area contributed by atoms with Crippen molar-refractivity contribution in [1.29, 1.82) is 0 Å². The molecule has 2 aliphatic heterocycles. The molecule has 254 valence electrons. The molecule has 4 aromatic carbocycles. The number of allylic oxidation sites excluding steroid dienone is 2. The van der Waals surface area contributed by atoms with Crippen LogP contribution in [0.3, 0.4) is 0 Å². The lowest BCUT2D eigenvalue weighted by Gasteiger charge is -2.51. The highest BCUT2D eigenvalue weighted by Crippen LogP contribution is 2.65. The second kappa shape index (κ2) is 11.9. The van der Waals surface area contributed by atoms with Gasteiger partial charge in [0.15, 0.2) is 0 Å². The van der Waals surface area contributed by atoms with Crippen LogP contribution in [0.5, 0.6) is 11.5 Å². The molecule has 6 atom stereocenters. The van der Waals surface area contributed by atoms with Gasteiger partial charge in [0.05, 0.1) is 41.0 Å². The van der Waals surface area contributed by atoms with Gasteiger partial charge < -0.3 is 9.84 Å². The quantitative estimate of drug-likeness (QED) is 0.166. The molecule has 2 N–H and O–H groups in total. The van der Waals surface area contributed by atoms with Crippen LogP contribution in [0.1, 0.15) is 36.8 Å². The van der Waals surface area contributed by atoms with Gasteiger partial charge in [0.25, 0.3) is 11.8 Å². The highest BCUT2D eigenvalue weighted by atomic mass is 35.5. The number of methoxy groups -OCH3 is 1. The smallest absolute Gasteiger partial charge is 0.260 e. The third-order valence-corrected chi connectivity index (χ3v) is 11.8. The maximum atomic E-state index is 15.5. The summed E-state index contributed by atoms with van der Waals surface area (Å²) < 4.78 is 5.47. The van der Waals surface area contributed by atoms with Crippen molar-refractivity contribution in [2.75, 3.05) is 19.1 Å². The Balaban J connectivity index is 1.42. The Morgan fingerprint density at radius 3 is 2.40 bits per heavy atom. The Morgan fingerprint density at radius 1 is 0.920 bits per heavy atom. The first-order valence-electron chi connectivity index (χ1n) is 16.6. The van der Waals surface area contributed by atoms with Crippen LogP contribution in [0.2, 0.25) is 10.0 Å². The first kappa shape index (κ1) is 32.4. The molecule has 2 aliphatic carbocycles. The predicted molar refractivity (Wildman–Crippen MR) is 189 cm³/mol. The van der Waals surface area contributed by atoms with Gasteiger partial charge >= 0.3 is 0 Å². The molecule has 3 fully saturated rings. The van der Waals surface area contributed by atoms with Crippen molar-refractivity contribution in [2.45, 2.75) is 31.1 Å². The van der Waals surface area contributed by atoms with E-state index >= 15 is 4.79 Å². The number of halogens is 2. The van der Waals surface area contributed by atoms with Gasteiger partial charge in [0, 0.05) is 23.0 Å². The summed E-state index contributed by atoms with van der Waals surface area (Å²) in [6.07, 6.45) is 2.41. The minimum Gasteiger partial charge on any atom is -0.508 e. The number of nitrogens with one attached hydrogen (secondary N) is 1. The summed E-state index contributed by atoms with van der Waals surface area (Å²) in [6, 6.07) is 22.8. The summed E-state index contributed by atoms with van der Waals surface area (Å²) in [7, 11) is 1.55. The standard InChI is InChI=1S/C39H33Cl2N3O6/c1-3-43-35(46)26-15-14-25-27(32(26)37(43)48)19-28-36(47)44(42-30-16-11-22(40)18-29(30)41)38(49)39(28,21-9-12-23(50-2)13-10-21)34(25)33-24-7-5-4-6-20(24)8-17-31(33)45/h4-14,16-18,26-28,32,34,42,45H,3,15,19H2,1-2H3/t26-,27+,28-,32-,34+,39+/m0/s1. The number of phenolic OH excluding ortho intramolecular Hbond substituents is 1. The fraction of sp³-hybridized carbons (Fsp3) is 0.282. The van der Waals surface area contributed by atoms with Gasteiger partial charge in [-0.15, -0.1) is 0 Å². The molecule has 50 heavy (non-hydrogen) atoms. The summed E-state index contributed by atoms with van der Waals surface area (Å²) in [5, 5.41) is 15.0. The number of fused-ring (bicyclic) bond motifs is 5. The Labute approximate surface area is 298 Å². The molecule has 2 saturated heterocycles. The lowest BCUT2D eigenvalue weighted by molar-refractivity contribution is -0.141. The molecule has 4 amide bonds. The number of hydrazine groups is 1. The van der Waals surface area contributed by atoms with Gasteiger partial charge in [-0.1, -0.05) is 77.3 Å². The van der Waals surface area contributed by atoms with Gasteiger partial charge in [-0.2, -0.15) is 5.01 Å². The van der Waals surface area contributed by atoms with E-state index < -0.39 is 46.8 Å². The van der Waals surface area contributed by atoms with E-state index in [4.69, 9.17) is 27.9 Å². The molecular weight excluding hydrogens is 677 g/mol. The second-order valence-electron chi connectivity index (χ2n) is 13.4. The molecule has 8 rings (SSSR count). The van der Waals surface area contributed by atoms with E-state index in [9.17, 15) is 19.5 Å². The highest BCUT2D eigenvalue weighted by Gasteiger charge is 2.70. The average molecular weight is 711 g/mol. The summed E-state index contributed by atoms with van der Waals surface area (Å²) in [5.41, 5.74) is 3.52. The van der Waals surface area contributed by atoms with Crippen molar-refractivity contribution >= 4 is 63.3 Å². The van der Waals surface area contributed by atoms with Crippen LogP contribution in [-0.2, 0) is 24.6 Å². The Bertz CT molecular complexity index is 2150. The number of nitrogens with zero attached hydrogens (tertiary/aromatic N) is 2. The maximum absolute atomic E-state index is 15.5. The molecule has 0 unspecified atom stereocenters. The van der Waals surface area contributed by atoms with E-state index in [0.29, 0.717) is 39.4 Å². The third-order valence-electron chi connectivity index (χ3n) is 11.2. The summed E-state index contributed by atoms with van der Waals surface area (Å²) in [4.78, 5) is 59.2. The lowest BCUT2D eigenvalue weighted by Crippen LogP contribution is -2.53. The number of anilines is 1. The molecule has 2 heterocycles. The molecule has 9 nitrogen and oxygen atoms in total. The van der Waals surface area contributed by atoms with Crippen molar-refractivity contribution in [3.05, 3.63) is 112 Å². The van der Waals surface area contributed by atoms with E-state index in [-0.39, 0.29) is 35.6 Å². The van der Waals surface area contributed by atoms with Crippen molar-refractivity contribution in [3.63, 3.8) is 0 Å². The number of carbonyl (C=O) groups is 4. The molecule has 0 spiro atoms. The number of hydrogen-bond acceptors (Lipinski definition) is 7. The average Bonchev–Trinajstić information content (AvgIpc) is 3.50. The highest BCUT2D eigenvalue weighted by molar-refractivity contribution is 6.36. The lowest BCUT2D eigenvalue weighted by atomic mass is 9.48. The van der Waals surface area contributed by atoms with Crippen LogP contribution in [0.25, 0.3) is 10.8 Å². The molecule has 4 aromatic rings. The number of benzene rings is 4. The number of amides is 4. The maximum Gasteiger partial charge on any atom is 0.260 e. The first-order chi connectivity index (χ1) is 24.1. The molecule has 0 bridgehead atoms.